The number of nitrogens with zero attached hydrogens (tertiary/aromatic N) is 6. The van der Waals surface area contributed by atoms with Gasteiger partial charge in [-0.3, -0.25) is 24.2 Å². The number of ketones is 4. The van der Waals surface area contributed by atoms with Crippen molar-refractivity contribution in [2.24, 2.45) is 0 Å². The van der Waals surface area contributed by atoms with Gasteiger partial charge in [-0.05, 0) is 158 Å². The van der Waals surface area contributed by atoms with Gasteiger partial charge < -0.3 is 54.5 Å². The Morgan fingerprint density at radius 1 is 0.375 bits per heavy atom. The number of hydrogen-bond donors (Lipinski definition) is 4. The van der Waals surface area contributed by atoms with Crippen LogP contribution in [0.5, 0.6) is 0 Å². The first-order valence-corrected chi connectivity index (χ1v) is 39.7. The van der Waals surface area contributed by atoms with E-state index in [9.17, 15) is 24.0 Å². The van der Waals surface area contributed by atoms with Gasteiger partial charge in [0.1, 0.15) is 0 Å². The van der Waals surface area contributed by atoms with E-state index < -0.39 is 0 Å². The van der Waals surface area contributed by atoms with Crippen LogP contribution >= 0.6 is 11.3 Å². The van der Waals surface area contributed by atoms with Crippen LogP contribution in [0.2, 0.25) is 0 Å². The molecule has 659 valence electrons. The number of anilines is 1. The number of allylic oxidation sites excluding steroid dienone is 8. The van der Waals surface area contributed by atoms with E-state index in [2.05, 4.69) is 189 Å². The van der Waals surface area contributed by atoms with Gasteiger partial charge in [0.25, 0.3) is 0 Å². The first-order valence-electron chi connectivity index (χ1n) is 38.9. The van der Waals surface area contributed by atoms with Gasteiger partial charge in [0.2, 0.25) is 5.63 Å². The SMILES string of the molecule is CC(=O)C=C(C)O.CC(=O)C=C(C)O.CC(=O)C=C(C)O.CC(=O)C=C(C)O.CN(C)c1ccc2[c-]c(-c3[c-]c4ccccc4s3)c(=O)oc2c1.[Ir].[Ir].[Ir].[Ir].[Ir].[c-]1cc2ccccc2cc1-c1nccc2ccccc12.[c-]1ccc2ccccc2c1-c1cc2ccccc2cn1.[c-]1ccccc1-c1nccc2ccccc12.[c-]1cnccc1-c1nccc2ccccc12. The summed E-state index contributed by atoms with van der Waals surface area (Å²) < 4.78 is 6.60. The second-order valence-electron chi connectivity index (χ2n) is 28.0. The zero-order valence-electron chi connectivity index (χ0n) is 71.2. The van der Waals surface area contributed by atoms with Gasteiger partial charge >= 0.3 is 0 Å². The molecule has 0 amide bonds. The summed E-state index contributed by atoms with van der Waals surface area (Å²) in [5, 5.41) is 49.5. The smallest absolute Gasteiger partial charge is 0.225 e. The van der Waals surface area contributed by atoms with Crippen molar-refractivity contribution in [2.75, 3.05) is 19.0 Å². The maximum Gasteiger partial charge on any atom is 0.225 e. The zero-order valence-corrected chi connectivity index (χ0v) is 84.0. The molecule has 16 nitrogen and oxygen atoms in total. The van der Waals surface area contributed by atoms with E-state index in [1.165, 1.54) is 145 Å². The van der Waals surface area contributed by atoms with Crippen LogP contribution in [0.4, 0.5) is 5.69 Å². The molecule has 18 rings (SSSR count). The minimum atomic E-state index is -0.379. The molecule has 0 saturated carbocycles. The third kappa shape index (κ3) is 32.3. The molecule has 0 fully saturated rings. The number of fused-ring (bicyclic) bond motifs is 8. The van der Waals surface area contributed by atoms with Crippen LogP contribution in [0.1, 0.15) is 55.4 Å². The Bertz CT molecular complexity index is 6480. The second kappa shape index (κ2) is 54.1. The number of aliphatic hydroxyl groups is 4. The standard InChI is InChI=1S/C19H13NO2S.2C19H12N.C15H10N.C14H9N2.4C5H8O2.5Ir/c1-20(2)14-8-7-12-9-15(19(21)22-16(12)11-14)18-10-13-5-3-4-6-17(13)23-18;1-2-8-16-13-20-19(12-15(16)7-1)18-11-5-9-14-6-3-4-10-17(14)18;1-2-7-16-13-17(10-9-14(16)5-1)19-18-8-4-3-6-15(18)11-12-20-19;1-2-7-13(8-3-1)15-14-9-5-4-6-12(14)10-11-16-15;1-2-4-13-11(3-1)7-10-16-14(13)12-5-8-15-9-6-12;4*1-4(6)3-5(2)7;;;;;/h3-8,11H,1-2H3;1-10,12-13H;1-9,11-13H;1-7,9-11H;1-5,7-10H;4*3,6H,1-2H3;;;;;/q-2;4*-1;;;;;;;;;. The number of aromatic nitrogens is 5. The van der Waals surface area contributed by atoms with E-state index in [0.29, 0.717) is 11.1 Å². The minimum absolute atomic E-state index is 0. The van der Waals surface area contributed by atoms with Crippen molar-refractivity contribution in [2.45, 2.75) is 55.4 Å². The van der Waals surface area contributed by atoms with Crippen LogP contribution in [0, 0.1) is 36.4 Å². The summed E-state index contributed by atoms with van der Waals surface area (Å²) in [5.74, 6) is -0.250. The van der Waals surface area contributed by atoms with Gasteiger partial charge in [-0.25, -0.2) is 11.3 Å². The Kier molecular flexibility index (Phi) is 44.9. The summed E-state index contributed by atoms with van der Waals surface area (Å²) in [5.41, 5.74) is 9.64. The van der Waals surface area contributed by atoms with E-state index in [0.717, 1.165) is 81.8 Å². The Morgan fingerprint density at radius 3 is 1.27 bits per heavy atom. The number of rotatable bonds is 10. The van der Waals surface area contributed by atoms with Crippen LogP contribution in [0.3, 0.4) is 0 Å². The molecule has 0 aliphatic heterocycles. The van der Waals surface area contributed by atoms with Crippen LogP contribution in [-0.4, -0.2) is 82.6 Å². The van der Waals surface area contributed by atoms with E-state index >= 15 is 0 Å². The normalized spacial score (nSPS) is 10.6. The van der Waals surface area contributed by atoms with Crippen molar-refractivity contribution in [3.8, 4) is 55.5 Å². The van der Waals surface area contributed by atoms with Gasteiger partial charge in [0.05, 0.1) is 28.6 Å². The Labute approximate surface area is 815 Å². The summed E-state index contributed by atoms with van der Waals surface area (Å²) >= 11 is 1.53. The Hall–Kier alpha value is -12.2. The van der Waals surface area contributed by atoms with Crippen molar-refractivity contribution in [3.05, 3.63) is 398 Å². The predicted octanol–water partition coefficient (Wildman–Crippen LogP) is 25.0. The molecule has 0 saturated heterocycles. The van der Waals surface area contributed by atoms with Gasteiger partial charge in [-0.15, -0.1) is 129 Å². The van der Waals surface area contributed by atoms with Crippen molar-refractivity contribution >= 4 is 126 Å². The Balaban J connectivity index is 0.000000263. The molecule has 4 N–H and O–H groups in total. The molecule has 7 aromatic heterocycles. The average molecular weight is 2600 g/mol. The van der Waals surface area contributed by atoms with E-state index in [1.807, 2.05) is 183 Å². The summed E-state index contributed by atoms with van der Waals surface area (Å²) in [7, 11) is 3.90. The van der Waals surface area contributed by atoms with Gasteiger partial charge in [-0.1, -0.05) is 196 Å². The fourth-order valence-corrected chi connectivity index (χ4v) is 13.5. The third-order valence-electron chi connectivity index (χ3n) is 17.8. The predicted molar refractivity (Wildman–Crippen MR) is 500 cm³/mol. The van der Waals surface area contributed by atoms with Gasteiger partial charge in [-0.2, -0.15) is 23.8 Å². The topological polar surface area (TPSA) is 247 Å². The van der Waals surface area contributed by atoms with Crippen LogP contribution in [0.15, 0.2) is 361 Å². The monoisotopic (exact) mass is 2600 g/mol. The number of hydrogen-bond acceptors (Lipinski definition) is 17. The first kappa shape index (κ1) is 106. The number of thiophene rings is 1. The first-order chi connectivity index (χ1) is 59.3. The molecule has 128 heavy (non-hydrogen) atoms. The second-order valence-corrected chi connectivity index (χ2v) is 29.1. The molecule has 0 aliphatic carbocycles. The minimum Gasteiger partial charge on any atom is -0.512 e. The number of pyridine rings is 5. The molecular formula is C106H88Ir5N6O10S-6. The van der Waals surface area contributed by atoms with Crippen molar-refractivity contribution < 1.29 is 145 Å². The molecule has 0 unspecified atom stereocenters. The van der Waals surface area contributed by atoms with Gasteiger partial charge in [0.15, 0.2) is 23.1 Å². The van der Waals surface area contributed by atoms with Crippen molar-refractivity contribution in [3.63, 3.8) is 0 Å². The van der Waals surface area contributed by atoms with E-state index in [4.69, 9.17) is 24.8 Å². The molecule has 5 radical (unpaired) electrons. The fraction of sp³-hybridized carbons (Fsp3) is 0.0943. The Morgan fingerprint density at radius 2 is 0.812 bits per heavy atom. The zero-order chi connectivity index (χ0) is 87.7. The van der Waals surface area contributed by atoms with Crippen LogP contribution in [-0.2, 0) is 120 Å². The molecule has 18 aromatic rings. The summed E-state index contributed by atoms with van der Waals surface area (Å²) in [6.45, 7) is 11.4. The molecule has 22 heteroatoms. The maximum atomic E-state index is 12.4. The maximum absolute atomic E-state index is 12.4. The van der Waals surface area contributed by atoms with E-state index in [-0.39, 0.29) is 152 Å². The van der Waals surface area contributed by atoms with E-state index in [1.54, 1.807) is 12.4 Å². The van der Waals surface area contributed by atoms with Crippen LogP contribution in [0.25, 0.3) is 141 Å². The molecule has 0 bridgehead atoms. The number of carbonyl (C=O) groups excluding carboxylic acids is 4. The average Bonchev–Trinajstić information content (AvgIpc) is 1.51. The third-order valence-corrected chi connectivity index (χ3v) is 18.9. The number of aliphatic hydroxyl groups excluding tert-OH is 4. The van der Waals surface area contributed by atoms with Gasteiger partial charge in [0, 0.05) is 169 Å². The molecule has 0 spiro atoms. The molecule has 7 heterocycles. The number of carbonyl (C=O) groups is 4. The quantitative estimate of drug-likeness (QED) is 0.0430. The number of benzene rings is 11. The molecule has 0 atom stereocenters. The molecular weight excluding hydrogens is 2510 g/mol. The summed E-state index contributed by atoms with van der Waals surface area (Å²) in [6.07, 6.45) is 15.6. The molecule has 11 aromatic carbocycles. The van der Waals surface area contributed by atoms with Crippen molar-refractivity contribution in [1.29, 1.82) is 0 Å². The van der Waals surface area contributed by atoms with Crippen LogP contribution < -0.4 is 10.5 Å². The van der Waals surface area contributed by atoms with Crippen molar-refractivity contribution in [1.82, 2.24) is 24.9 Å². The summed E-state index contributed by atoms with van der Waals surface area (Å²) in [4.78, 5) is 77.1. The summed E-state index contributed by atoms with van der Waals surface area (Å²) in [6, 6.07) is 109. The largest absolute Gasteiger partial charge is 0.512 e. The molecule has 0 aliphatic rings. The fourth-order valence-electron chi connectivity index (χ4n) is 12.5.